The first-order chi connectivity index (χ1) is 20.2. The lowest BCUT2D eigenvalue weighted by Crippen LogP contribution is -2.19. The average Bonchev–Trinajstić information content (AvgIpc) is 3.44. The largest absolute Gasteiger partial charge is 0.493 e. The third-order valence-electron chi connectivity index (χ3n) is 5.12. The number of rotatable bonds is 14. The lowest BCUT2D eigenvalue weighted by molar-refractivity contribution is 0.0540. The van der Waals surface area contributed by atoms with Gasteiger partial charge in [0.1, 0.15) is 37.4 Å². The number of esters is 2. The molecule has 226 valence electrons. The molecule has 2 unspecified atom stereocenters. The van der Waals surface area contributed by atoms with Crippen molar-refractivity contribution >= 4 is 68.3 Å². The normalized spacial score (nSPS) is 14.3. The zero-order chi connectivity index (χ0) is 30.7. The Hall–Kier alpha value is -2.93. The molecule has 0 aromatic heterocycles. The molecule has 1 fully saturated rings. The summed E-state index contributed by atoms with van der Waals surface area (Å²) in [4.78, 5) is 34.4. The number of thioether (sulfide) groups is 3. The van der Waals surface area contributed by atoms with Crippen LogP contribution >= 0.6 is 47.5 Å². The molecule has 2 aromatic carbocycles. The fourth-order valence-corrected chi connectivity index (χ4v) is 5.23. The second kappa shape index (κ2) is 20.1. The first-order valence-electron chi connectivity index (χ1n) is 12.8. The van der Waals surface area contributed by atoms with E-state index in [0.717, 1.165) is 11.5 Å². The molecule has 0 spiro atoms. The van der Waals surface area contributed by atoms with Crippen LogP contribution in [0.15, 0.2) is 73.8 Å². The zero-order valence-corrected chi connectivity index (χ0v) is 26.8. The number of benzene rings is 2. The molecule has 0 aliphatic carbocycles. The summed E-state index contributed by atoms with van der Waals surface area (Å²) >= 11 is 8.98. The first-order valence-corrected chi connectivity index (χ1v) is 16.4. The fourth-order valence-electron chi connectivity index (χ4n) is 3.00. The number of thiocarbonyl (C=S) groups is 1. The Morgan fingerprint density at radius 1 is 0.976 bits per heavy atom. The number of carbonyl (C=O) groups excluding carboxylic acids is 3. The van der Waals surface area contributed by atoms with Crippen LogP contribution in [0.2, 0.25) is 0 Å². The SMILES string of the molecule is C=CCOC(=O)c1ccc(OCC(C)CSC(=O)SC)cc1.C=CCOC(=O)c1ccc(OCC2CSC(=S)O2)cc1. The molecule has 1 heterocycles. The number of carbonyl (C=O) groups is 3. The monoisotopic (exact) mass is 650 g/mol. The minimum atomic E-state index is -0.383. The molecule has 8 nitrogen and oxygen atoms in total. The quantitative estimate of drug-likeness (QED) is 0.119. The van der Waals surface area contributed by atoms with Gasteiger partial charge in [0.15, 0.2) is 0 Å². The van der Waals surface area contributed by atoms with E-state index in [1.807, 2.05) is 6.92 Å². The van der Waals surface area contributed by atoms with Crippen LogP contribution in [0.3, 0.4) is 0 Å². The van der Waals surface area contributed by atoms with E-state index >= 15 is 0 Å². The summed E-state index contributed by atoms with van der Waals surface area (Å²) in [5.41, 5.74) is 0.955. The van der Waals surface area contributed by atoms with E-state index in [-0.39, 0.29) is 41.6 Å². The van der Waals surface area contributed by atoms with Gasteiger partial charge in [-0.05, 0) is 72.9 Å². The standard InChI is InChI=1S/C16H20O4S2.C14H14O4S2/c1-4-9-19-15(17)13-5-7-14(8-6-13)20-10-12(2)11-22-16(18)21-3;1-2-7-16-13(15)10-3-5-11(6-4-10)17-8-12-9-20-14(19)18-12/h4-8,12H,1,9-11H2,2-3H3;2-6,12H,1,7-9H2. The molecular formula is C30H34O8S4. The van der Waals surface area contributed by atoms with E-state index in [1.54, 1.807) is 54.8 Å². The highest BCUT2D eigenvalue weighted by molar-refractivity contribution is 8.38. The average molecular weight is 651 g/mol. The summed E-state index contributed by atoms with van der Waals surface area (Å²) in [6.45, 7) is 10.4. The zero-order valence-electron chi connectivity index (χ0n) is 23.5. The predicted molar refractivity (Wildman–Crippen MR) is 175 cm³/mol. The van der Waals surface area contributed by atoms with Gasteiger partial charge in [0, 0.05) is 11.5 Å². The summed E-state index contributed by atoms with van der Waals surface area (Å²) < 4.78 is 27.2. The van der Waals surface area contributed by atoms with Crippen molar-refractivity contribution in [3.05, 3.63) is 85.0 Å². The number of hydrogen-bond donors (Lipinski definition) is 0. The van der Waals surface area contributed by atoms with Gasteiger partial charge in [-0.2, -0.15) is 0 Å². The Labute approximate surface area is 264 Å². The Morgan fingerprint density at radius 2 is 1.50 bits per heavy atom. The summed E-state index contributed by atoms with van der Waals surface area (Å²) in [6.07, 6.45) is 4.82. The smallest absolute Gasteiger partial charge is 0.338 e. The van der Waals surface area contributed by atoms with Gasteiger partial charge in [0.2, 0.25) is 8.83 Å². The van der Waals surface area contributed by atoms with E-state index in [0.29, 0.717) is 40.2 Å². The molecule has 0 N–H and O–H groups in total. The van der Waals surface area contributed by atoms with Gasteiger partial charge in [-0.3, -0.25) is 4.79 Å². The van der Waals surface area contributed by atoms with Crippen molar-refractivity contribution in [1.29, 1.82) is 0 Å². The molecule has 42 heavy (non-hydrogen) atoms. The molecule has 0 amide bonds. The Bertz CT molecular complexity index is 1180. The molecule has 1 aliphatic heterocycles. The second-order valence-corrected chi connectivity index (χ2v) is 12.3. The van der Waals surface area contributed by atoms with E-state index in [2.05, 4.69) is 13.2 Å². The Morgan fingerprint density at radius 3 is 1.95 bits per heavy atom. The molecular weight excluding hydrogens is 617 g/mol. The highest BCUT2D eigenvalue weighted by atomic mass is 32.2. The van der Waals surface area contributed by atoms with Gasteiger partial charge in [-0.1, -0.05) is 67.5 Å². The van der Waals surface area contributed by atoms with Gasteiger partial charge in [0.05, 0.1) is 17.7 Å². The van der Waals surface area contributed by atoms with Crippen LogP contribution in [0.25, 0.3) is 0 Å². The molecule has 1 aliphatic rings. The van der Waals surface area contributed by atoms with Crippen LogP contribution in [0.5, 0.6) is 11.5 Å². The van der Waals surface area contributed by atoms with Crippen molar-refractivity contribution < 1.29 is 38.1 Å². The third-order valence-corrected chi connectivity index (χ3v) is 8.60. The van der Waals surface area contributed by atoms with Crippen molar-refractivity contribution in [2.45, 2.75) is 13.0 Å². The third kappa shape index (κ3) is 13.8. The maximum absolute atomic E-state index is 11.6. The molecule has 2 atom stereocenters. The molecule has 12 heteroatoms. The van der Waals surface area contributed by atoms with Crippen LogP contribution < -0.4 is 9.47 Å². The van der Waals surface area contributed by atoms with Gasteiger partial charge in [-0.25, -0.2) is 9.59 Å². The molecule has 0 saturated carbocycles. The van der Waals surface area contributed by atoms with Gasteiger partial charge in [0.25, 0.3) is 0 Å². The van der Waals surface area contributed by atoms with Crippen LogP contribution in [0.1, 0.15) is 27.6 Å². The van der Waals surface area contributed by atoms with Crippen molar-refractivity contribution in [3.8, 4) is 11.5 Å². The molecule has 0 bridgehead atoms. The van der Waals surface area contributed by atoms with Crippen molar-refractivity contribution in [3.63, 3.8) is 0 Å². The molecule has 2 aromatic rings. The first kappa shape index (κ1) is 35.3. The fraction of sp³-hybridized carbons (Fsp3) is 0.333. The van der Waals surface area contributed by atoms with Crippen LogP contribution in [0, 0.1) is 5.92 Å². The van der Waals surface area contributed by atoms with Crippen LogP contribution in [-0.2, 0) is 14.2 Å². The predicted octanol–water partition coefficient (Wildman–Crippen LogP) is 7.09. The van der Waals surface area contributed by atoms with E-state index in [4.69, 9.17) is 35.9 Å². The van der Waals surface area contributed by atoms with E-state index in [1.165, 1.54) is 47.4 Å². The van der Waals surface area contributed by atoms with E-state index in [9.17, 15) is 14.4 Å². The maximum atomic E-state index is 11.6. The number of ether oxygens (including phenoxy) is 5. The molecule has 3 rings (SSSR count). The minimum Gasteiger partial charge on any atom is -0.493 e. The highest BCUT2D eigenvalue weighted by Gasteiger charge is 2.22. The van der Waals surface area contributed by atoms with Gasteiger partial charge < -0.3 is 23.7 Å². The minimum absolute atomic E-state index is 0.00951. The summed E-state index contributed by atoms with van der Waals surface area (Å²) in [7, 11) is 0. The molecule has 1 saturated heterocycles. The Balaban J connectivity index is 0.000000294. The van der Waals surface area contributed by atoms with E-state index < -0.39 is 0 Å². The summed E-state index contributed by atoms with van der Waals surface area (Å²) in [5.74, 6) is 2.41. The van der Waals surface area contributed by atoms with Crippen molar-refractivity contribution in [1.82, 2.24) is 0 Å². The van der Waals surface area contributed by atoms with Crippen LogP contribution in [0.4, 0.5) is 4.79 Å². The highest BCUT2D eigenvalue weighted by Crippen LogP contribution is 2.22. The van der Waals surface area contributed by atoms with Gasteiger partial charge >= 0.3 is 11.9 Å². The topological polar surface area (TPSA) is 97.4 Å². The second-order valence-electron chi connectivity index (χ2n) is 8.62. The lowest BCUT2D eigenvalue weighted by Gasteiger charge is -2.12. The summed E-state index contributed by atoms with van der Waals surface area (Å²) in [5, 5.41) is 0. The van der Waals surface area contributed by atoms with Gasteiger partial charge in [-0.15, -0.1) is 0 Å². The lowest BCUT2D eigenvalue weighted by atomic mass is 10.2. The Kier molecular flexibility index (Phi) is 16.8. The van der Waals surface area contributed by atoms with Crippen molar-refractivity contribution in [2.24, 2.45) is 5.92 Å². The maximum Gasteiger partial charge on any atom is 0.338 e. The van der Waals surface area contributed by atoms with Crippen molar-refractivity contribution in [2.75, 3.05) is 44.2 Å². The molecule has 0 radical (unpaired) electrons. The number of hydrogen-bond acceptors (Lipinski definition) is 12. The summed E-state index contributed by atoms with van der Waals surface area (Å²) in [6, 6.07) is 13.6. The van der Waals surface area contributed by atoms with Crippen LogP contribution in [-0.4, -0.2) is 71.1 Å².